The van der Waals surface area contributed by atoms with Gasteiger partial charge in [-0.15, -0.1) is 0 Å². The molecule has 8 heteroatoms. The molecule has 0 spiro atoms. The number of H-pyrrole nitrogens is 1. The highest BCUT2D eigenvalue weighted by atomic mass is 19.1. The summed E-state index contributed by atoms with van der Waals surface area (Å²) in [5, 5.41) is 0. The van der Waals surface area contributed by atoms with Gasteiger partial charge in [0.15, 0.2) is 5.43 Å². The fourth-order valence-electron chi connectivity index (χ4n) is 4.75. The molecule has 34 heavy (non-hydrogen) atoms. The highest BCUT2D eigenvalue weighted by Gasteiger charge is 2.29. The summed E-state index contributed by atoms with van der Waals surface area (Å²) < 4.78 is 29.9. The molecule has 4 aliphatic rings. The first kappa shape index (κ1) is 22.7. The minimum absolute atomic E-state index is 0.0869. The molecule has 5 rings (SSSR count). The van der Waals surface area contributed by atoms with Gasteiger partial charge in [-0.3, -0.25) is 4.79 Å². The lowest BCUT2D eigenvalue weighted by atomic mass is 9.90. The second kappa shape index (κ2) is 10.0. The monoisotopic (exact) mass is 467 g/mol. The fourth-order valence-corrected chi connectivity index (χ4v) is 4.75. The molecule has 0 bridgehead atoms. The van der Waals surface area contributed by atoms with Gasteiger partial charge in [0.2, 0.25) is 5.88 Å². The van der Waals surface area contributed by atoms with E-state index in [0.717, 1.165) is 43.3 Å². The number of fused-ring (bicyclic) bond motifs is 1. The summed E-state index contributed by atoms with van der Waals surface area (Å²) in [4.78, 5) is 22.8. The number of hydrogen-bond acceptors (Lipinski definition) is 6. The maximum Gasteiger partial charge on any atom is 0.229 e. The number of aromatic nitrogens is 2. The summed E-state index contributed by atoms with van der Waals surface area (Å²) in [5.74, 6) is 1.88. The van der Waals surface area contributed by atoms with Crippen molar-refractivity contribution in [2.24, 2.45) is 0 Å². The first-order valence-electron chi connectivity index (χ1n) is 12.0. The Hall–Kier alpha value is -3.13. The van der Waals surface area contributed by atoms with E-state index in [1.54, 1.807) is 6.07 Å². The average molecular weight is 468 g/mol. The van der Waals surface area contributed by atoms with Crippen LogP contribution >= 0.6 is 0 Å². The molecule has 1 aromatic carbocycles. The summed E-state index contributed by atoms with van der Waals surface area (Å²) in [6, 6.07) is 11.5. The van der Waals surface area contributed by atoms with Crippen molar-refractivity contribution in [1.29, 1.82) is 0 Å². The number of likely N-dealkylation sites (tertiary alicyclic amines) is 1. The number of nitrogens with zero attached hydrogens (tertiary/aromatic N) is 2. The summed E-state index contributed by atoms with van der Waals surface area (Å²) in [6.07, 6.45) is 6.37. The van der Waals surface area contributed by atoms with Gasteiger partial charge in [0.05, 0.1) is 12.8 Å². The molecule has 2 heterocycles. The van der Waals surface area contributed by atoms with E-state index < -0.39 is 6.67 Å². The first-order chi connectivity index (χ1) is 16.7. The van der Waals surface area contributed by atoms with Crippen molar-refractivity contribution in [3.63, 3.8) is 0 Å². The Kier molecular flexibility index (Phi) is 6.67. The van der Waals surface area contributed by atoms with Gasteiger partial charge in [0, 0.05) is 24.7 Å². The van der Waals surface area contributed by atoms with Gasteiger partial charge in [-0.05, 0) is 62.1 Å². The summed E-state index contributed by atoms with van der Waals surface area (Å²) in [6.45, 7) is 1.35. The summed E-state index contributed by atoms with van der Waals surface area (Å²) in [5.41, 5.74) is 1.22. The molecule has 1 saturated heterocycles. The predicted octanol–water partition coefficient (Wildman–Crippen LogP) is 4.29. The molecule has 2 fully saturated rings. The molecular formula is C26H30FN3O4. The van der Waals surface area contributed by atoms with E-state index in [9.17, 15) is 9.18 Å². The van der Waals surface area contributed by atoms with Crippen molar-refractivity contribution in [1.82, 2.24) is 14.9 Å². The van der Waals surface area contributed by atoms with Crippen LogP contribution in [0.1, 0.15) is 32.1 Å². The van der Waals surface area contributed by atoms with Crippen LogP contribution in [0.3, 0.4) is 0 Å². The zero-order valence-electron chi connectivity index (χ0n) is 19.4. The topological polar surface area (TPSA) is 76.7 Å². The molecule has 0 atom stereocenters. The third kappa shape index (κ3) is 4.59. The minimum Gasteiger partial charge on any atom is -0.495 e. The van der Waals surface area contributed by atoms with Crippen LogP contribution in [0.2, 0.25) is 0 Å². The largest absolute Gasteiger partial charge is 0.495 e. The third-order valence-electron chi connectivity index (χ3n) is 6.83. The molecule has 1 saturated carbocycles. The summed E-state index contributed by atoms with van der Waals surface area (Å²) >= 11 is 0. The number of alkyl halides is 1. The number of aromatic amines is 1. The lowest BCUT2D eigenvalue weighted by molar-refractivity contribution is 0.0493. The SMILES string of the molecule is COc1ccc(=O)c2c(OCCF)nc(-c3ccc(OC4CCN(C5CCC5)CC4)cc3)[nH]c1-2. The van der Waals surface area contributed by atoms with Gasteiger partial charge < -0.3 is 24.1 Å². The van der Waals surface area contributed by atoms with Crippen LogP contribution in [-0.2, 0) is 0 Å². The number of methoxy groups -OCH3 is 1. The maximum absolute atomic E-state index is 12.8. The van der Waals surface area contributed by atoms with Gasteiger partial charge >= 0.3 is 0 Å². The van der Waals surface area contributed by atoms with Crippen molar-refractivity contribution in [2.75, 3.05) is 33.5 Å². The Morgan fingerprint density at radius 2 is 1.85 bits per heavy atom. The van der Waals surface area contributed by atoms with Crippen molar-refractivity contribution in [3.05, 3.63) is 46.6 Å². The number of benzene rings is 2. The van der Waals surface area contributed by atoms with Crippen molar-refractivity contribution >= 4 is 0 Å². The standard InChI is InChI=1S/C26H30FN3O4/c1-32-22-10-9-21(31)23-24(22)28-25(29-26(23)33-16-13-27)17-5-7-19(8-6-17)34-20-11-14-30(15-12-20)18-3-2-4-18/h5-10,18,20H,2-4,11-16H2,1H3,(H,28,29). The Balaban J connectivity index is 1.35. The molecule has 7 nitrogen and oxygen atoms in total. The number of nitrogens with one attached hydrogen (secondary N) is 1. The molecule has 0 amide bonds. The Morgan fingerprint density at radius 3 is 2.50 bits per heavy atom. The fraction of sp³-hybridized carbons (Fsp3) is 0.462. The van der Waals surface area contributed by atoms with Gasteiger partial charge in [-0.25, -0.2) is 4.39 Å². The van der Waals surface area contributed by atoms with Gasteiger partial charge in [0.25, 0.3) is 0 Å². The van der Waals surface area contributed by atoms with Crippen LogP contribution < -0.4 is 19.6 Å². The van der Waals surface area contributed by atoms with Crippen LogP contribution in [0, 0.1) is 0 Å². The molecule has 0 aromatic heterocycles. The Labute approximate surface area is 198 Å². The van der Waals surface area contributed by atoms with E-state index in [2.05, 4.69) is 14.9 Å². The lowest BCUT2D eigenvalue weighted by Crippen LogP contribution is -2.46. The van der Waals surface area contributed by atoms with Crippen molar-refractivity contribution < 1.29 is 18.6 Å². The van der Waals surface area contributed by atoms with E-state index >= 15 is 0 Å². The molecule has 2 aliphatic carbocycles. The summed E-state index contributed by atoms with van der Waals surface area (Å²) in [7, 11) is 1.53. The molecule has 0 unspecified atom stereocenters. The van der Waals surface area contributed by atoms with Gasteiger partial charge in [-0.2, -0.15) is 4.98 Å². The highest BCUT2D eigenvalue weighted by Crippen LogP contribution is 2.35. The van der Waals surface area contributed by atoms with Gasteiger partial charge in [0.1, 0.15) is 42.3 Å². The molecule has 180 valence electrons. The van der Waals surface area contributed by atoms with Crippen LogP contribution in [0.25, 0.3) is 22.6 Å². The van der Waals surface area contributed by atoms with Crippen LogP contribution in [0.4, 0.5) is 4.39 Å². The Morgan fingerprint density at radius 1 is 1.09 bits per heavy atom. The number of hydrogen-bond donors (Lipinski definition) is 1. The highest BCUT2D eigenvalue weighted by molar-refractivity contribution is 5.75. The van der Waals surface area contributed by atoms with Gasteiger partial charge in [-0.1, -0.05) is 6.42 Å². The van der Waals surface area contributed by atoms with Crippen molar-refractivity contribution in [3.8, 4) is 40.0 Å². The second-order valence-electron chi connectivity index (χ2n) is 8.91. The molecule has 0 radical (unpaired) electrons. The third-order valence-corrected chi connectivity index (χ3v) is 6.83. The molecular weight excluding hydrogens is 437 g/mol. The number of piperidine rings is 1. The maximum atomic E-state index is 12.8. The average Bonchev–Trinajstić information content (AvgIpc) is 2.83. The van der Waals surface area contributed by atoms with E-state index in [4.69, 9.17) is 14.2 Å². The smallest absolute Gasteiger partial charge is 0.229 e. The normalized spacial score (nSPS) is 17.5. The Bertz CT molecular complexity index is 1140. The van der Waals surface area contributed by atoms with Crippen LogP contribution in [0.15, 0.2) is 41.2 Å². The number of ether oxygens (including phenoxy) is 3. The number of rotatable bonds is 8. The molecule has 1 N–H and O–H groups in total. The van der Waals surface area contributed by atoms with E-state index in [0.29, 0.717) is 17.3 Å². The zero-order chi connectivity index (χ0) is 23.5. The van der Waals surface area contributed by atoms with E-state index in [1.807, 2.05) is 24.3 Å². The first-order valence-corrected chi connectivity index (χ1v) is 12.0. The predicted molar refractivity (Wildman–Crippen MR) is 128 cm³/mol. The van der Waals surface area contributed by atoms with Crippen molar-refractivity contribution in [2.45, 2.75) is 44.2 Å². The zero-order valence-corrected chi connectivity index (χ0v) is 19.4. The lowest BCUT2D eigenvalue weighted by Gasteiger charge is -2.41. The van der Waals surface area contributed by atoms with Crippen LogP contribution in [0.5, 0.6) is 17.4 Å². The quantitative estimate of drug-likeness (QED) is 0.533. The minimum atomic E-state index is -0.680. The molecule has 1 aromatic rings. The molecule has 2 aliphatic heterocycles. The second-order valence-corrected chi connectivity index (χ2v) is 8.91. The van der Waals surface area contributed by atoms with E-state index in [1.165, 1.54) is 32.4 Å². The van der Waals surface area contributed by atoms with E-state index in [-0.39, 0.29) is 29.6 Å². The van der Waals surface area contributed by atoms with Crippen LogP contribution in [-0.4, -0.2) is 60.5 Å². The number of halogens is 1.